The summed E-state index contributed by atoms with van der Waals surface area (Å²) in [5, 5.41) is 11.2. The zero-order valence-electron chi connectivity index (χ0n) is 15.1. The van der Waals surface area contributed by atoms with E-state index in [2.05, 4.69) is 15.3 Å². The maximum Gasteiger partial charge on any atom is 0.274 e. The summed E-state index contributed by atoms with van der Waals surface area (Å²) < 4.78 is 7.35. The van der Waals surface area contributed by atoms with E-state index >= 15 is 0 Å². The molecule has 0 spiro atoms. The first kappa shape index (κ1) is 16.8. The number of rotatable bonds is 5. The average molecular weight is 361 g/mol. The number of furan rings is 1. The SMILES string of the molecule is Cc1ccc(-c2cc(C(=O)N(C)Cc3ccc(-n4cccn4)cc3)n[nH]2)o1. The molecule has 0 saturated heterocycles. The van der Waals surface area contributed by atoms with E-state index in [1.54, 1.807) is 28.9 Å². The van der Waals surface area contributed by atoms with Gasteiger partial charge in [0.25, 0.3) is 5.91 Å². The first-order valence-electron chi connectivity index (χ1n) is 8.57. The predicted octanol–water partition coefficient (Wildman–Crippen LogP) is 3.44. The quantitative estimate of drug-likeness (QED) is 0.590. The minimum Gasteiger partial charge on any atom is -0.460 e. The number of amides is 1. The Balaban J connectivity index is 1.44. The highest BCUT2D eigenvalue weighted by Crippen LogP contribution is 2.21. The molecule has 27 heavy (non-hydrogen) atoms. The second kappa shape index (κ2) is 6.95. The molecule has 0 radical (unpaired) electrons. The van der Waals surface area contributed by atoms with E-state index in [1.807, 2.05) is 55.6 Å². The minimum absolute atomic E-state index is 0.156. The number of carbonyl (C=O) groups excluding carboxylic acids is 1. The van der Waals surface area contributed by atoms with Crippen LogP contribution in [0.4, 0.5) is 0 Å². The molecule has 0 aliphatic heterocycles. The third kappa shape index (κ3) is 3.52. The van der Waals surface area contributed by atoms with Gasteiger partial charge in [0, 0.05) is 32.1 Å². The Bertz CT molecular complexity index is 1040. The van der Waals surface area contributed by atoms with Crippen molar-refractivity contribution in [3.8, 4) is 17.1 Å². The molecule has 1 N–H and O–H groups in total. The fourth-order valence-corrected chi connectivity index (χ4v) is 2.85. The molecular formula is C20H19N5O2. The predicted molar refractivity (Wildman–Crippen MR) is 100 cm³/mol. The zero-order chi connectivity index (χ0) is 18.8. The number of aryl methyl sites for hydroxylation is 1. The Kier molecular flexibility index (Phi) is 4.33. The summed E-state index contributed by atoms with van der Waals surface area (Å²) in [6.45, 7) is 2.36. The van der Waals surface area contributed by atoms with E-state index in [0.29, 0.717) is 23.7 Å². The van der Waals surface area contributed by atoms with Crippen LogP contribution in [-0.2, 0) is 6.54 Å². The largest absolute Gasteiger partial charge is 0.460 e. The van der Waals surface area contributed by atoms with Gasteiger partial charge < -0.3 is 9.32 Å². The fraction of sp³-hybridized carbons (Fsp3) is 0.150. The van der Waals surface area contributed by atoms with E-state index in [0.717, 1.165) is 17.0 Å². The molecule has 0 fully saturated rings. The fourth-order valence-electron chi connectivity index (χ4n) is 2.85. The lowest BCUT2D eigenvalue weighted by Crippen LogP contribution is -2.26. The van der Waals surface area contributed by atoms with Crippen molar-refractivity contribution in [2.45, 2.75) is 13.5 Å². The second-order valence-electron chi connectivity index (χ2n) is 6.36. The van der Waals surface area contributed by atoms with E-state index in [9.17, 15) is 4.79 Å². The van der Waals surface area contributed by atoms with E-state index in [1.165, 1.54) is 0 Å². The molecule has 0 aliphatic carbocycles. The van der Waals surface area contributed by atoms with Crippen molar-refractivity contribution in [2.24, 2.45) is 0 Å². The normalized spacial score (nSPS) is 10.9. The van der Waals surface area contributed by atoms with Crippen LogP contribution in [0.5, 0.6) is 0 Å². The Hall–Kier alpha value is -3.61. The minimum atomic E-state index is -0.156. The van der Waals surface area contributed by atoms with Crippen molar-refractivity contribution < 1.29 is 9.21 Å². The highest BCUT2D eigenvalue weighted by atomic mass is 16.3. The van der Waals surface area contributed by atoms with Crippen molar-refractivity contribution in [3.63, 3.8) is 0 Å². The van der Waals surface area contributed by atoms with Crippen molar-refractivity contribution in [1.82, 2.24) is 24.9 Å². The van der Waals surface area contributed by atoms with Crippen molar-refractivity contribution >= 4 is 5.91 Å². The average Bonchev–Trinajstić information content (AvgIpc) is 3.43. The van der Waals surface area contributed by atoms with Crippen molar-refractivity contribution in [2.75, 3.05) is 7.05 Å². The summed E-state index contributed by atoms with van der Waals surface area (Å²) in [4.78, 5) is 14.3. The van der Waals surface area contributed by atoms with Gasteiger partial charge in [-0.2, -0.15) is 10.2 Å². The second-order valence-corrected chi connectivity index (χ2v) is 6.36. The molecule has 0 bridgehead atoms. The molecule has 0 atom stereocenters. The summed E-state index contributed by atoms with van der Waals surface area (Å²) in [6, 6.07) is 15.2. The third-order valence-corrected chi connectivity index (χ3v) is 4.27. The van der Waals surface area contributed by atoms with Crippen LogP contribution < -0.4 is 0 Å². The molecule has 0 aliphatic rings. The van der Waals surface area contributed by atoms with Crippen LogP contribution in [-0.4, -0.2) is 37.8 Å². The lowest BCUT2D eigenvalue weighted by molar-refractivity contribution is 0.0779. The molecule has 4 rings (SSSR count). The number of carbonyl (C=O) groups is 1. The number of nitrogens with zero attached hydrogens (tertiary/aromatic N) is 4. The Morgan fingerprint density at radius 1 is 1.22 bits per heavy atom. The van der Waals surface area contributed by atoms with Crippen LogP contribution in [0, 0.1) is 6.92 Å². The number of hydrogen-bond donors (Lipinski definition) is 1. The lowest BCUT2D eigenvalue weighted by atomic mass is 10.2. The molecule has 1 amide bonds. The summed E-state index contributed by atoms with van der Waals surface area (Å²) in [5.74, 6) is 1.32. The lowest BCUT2D eigenvalue weighted by Gasteiger charge is -2.16. The molecule has 3 aromatic heterocycles. The number of hydrogen-bond acceptors (Lipinski definition) is 4. The van der Waals surface area contributed by atoms with Gasteiger partial charge in [-0.25, -0.2) is 4.68 Å². The van der Waals surface area contributed by atoms with Crippen molar-refractivity contribution in [3.05, 3.63) is 77.9 Å². The monoisotopic (exact) mass is 361 g/mol. The van der Waals surface area contributed by atoms with Crippen LogP contribution in [0.15, 0.2) is 65.3 Å². The first-order valence-corrected chi connectivity index (χ1v) is 8.57. The first-order chi connectivity index (χ1) is 13.1. The molecule has 7 nitrogen and oxygen atoms in total. The Morgan fingerprint density at radius 2 is 2.04 bits per heavy atom. The summed E-state index contributed by atoms with van der Waals surface area (Å²) in [6.07, 6.45) is 3.63. The van der Waals surface area contributed by atoms with Gasteiger partial charge in [0.15, 0.2) is 11.5 Å². The summed E-state index contributed by atoms with van der Waals surface area (Å²) in [5.41, 5.74) is 3.04. The van der Waals surface area contributed by atoms with Crippen LogP contribution >= 0.6 is 0 Å². The third-order valence-electron chi connectivity index (χ3n) is 4.27. The molecule has 0 unspecified atom stereocenters. The molecule has 7 heteroatoms. The number of H-pyrrole nitrogens is 1. The van der Waals surface area contributed by atoms with Gasteiger partial charge in [-0.1, -0.05) is 12.1 Å². The zero-order valence-corrected chi connectivity index (χ0v) is 15.1. The maximum atomic E-state index is 12.7. The number of nitrogens with one attached hydrogen (secondary N) is 1. The summed E-state index contributed by atoms with van der Waals surface area (Å²) >= 11 is 0. The van der Waals surface area contributed by atoms with E-state index < -0.39 is 0 Å². The Morgan fingerprint density at radius 3 is 2.70 bits per heavy atom. The maximum absolute atomic E-state index is 12.7. The number of aromatic nitrogens is 4. The van der Waals surface area contributed by atoms with Gasteiger partial charge in [-0.15, -0.1) is 0 Å². The van der Waals surface area contributed by atoms with Crippen molar-refractivity contribution in [1.29, 1.82) is 0 Å². The molecule has 136 valence electrons. The Labute approximate surface area is 156 Å². The summed E-state index contributed by atoms with van der Waals surface area (Å²) in [7, 11) is 1.76. The van der Waals surface area contributed by atoms with Crippen LogP contribution in [0.1, 0.15) is 21.8 Å². The molecule has 1 aromatic carbocycles. The van der Waals surface area contributed by atoms with Gasteiger partial charge in [-0.05, 0) is 42.8 Å². The number of aromatic amines is 1. The van der Waals surface area contributed by atoms with Crippen LogP contribution in [0.3, 0.4) is 0 Å². The highest BCUT2D eigenvalue weighted by molar-refractivity contribution is 5.93. The van der Waals surface area contributed by atoms with Crippen LogP contribution in [0.25, 0.3) is 17.1 Å². The molecule has 4 aromatic rings. The van der Waals surface area contributed by atoms with Gasteiger partial charge in [0.05, 0.1) is 5.69 Å². The molecule has 0 saturated carbocycles. The van der Waals surface area contributed by atoms with Gasteiger partial charge >= 0.3 is 0 Å². The molecule has 3 heterocycles. The highest BCUT2D eigenvalue weighted by Gasteiger charge is 2.17. The van der Waals surface area contributed by atoms with Crippen LogP contribution in [0.2, 0.25) is 0 Å². The van der Waals surface area contributed by atoms with Gasteiger partial charge in [0.1, 0.15) is 11.5 Å². The standard InChI is InChI=1S/C20H19N5O2/c1-14-4-9-19(27-14)17-12-18(23-22-17)20(26)24(2)13-15-5-7-16(8-6-15)25-11-3-10-21-25/h3-12H,13H2,1-2H3,(H,22,23). The molecular weight excluding hydrogens is 342 g/mol. The van der Waals surface area contributed by atoms with Gasteiger partial charge in [0.2, 0.25) is 0 Å². The van der Waals surface area contributed by atoms with E-state index in [4.69, 9.17) is 4.42 Å². The topological polar surface area (TPSA) is 80.0 Å². The van der Waals surface area contributed by atoms with E-state index in [-0.39, 0.29) is 5.91 Å². The smallest absolute Gasteiger partial charge is 0.274 e. The van der Waals surface area contributed by atoms with Gasteiger partial charge in [-0.3, -0.25) is 9.89 Å². The number of benzene rings is 1.